The zero-order valence-electron chi connectivity index (χ0n) is 12.3. The third-order valence-electron chi connectivity index (χ3n) is 3.15. The lowest BCUT2D eigenvalue weighted by molar-refractivity contribution is -0.120. The van der Waals surface area contributed by atoms with Gasteiger partial charge in [0, 0.05) is 17.1 Å². The van der Waals surface area contributed by atoms with Crippen molar-refractivity contribution in [2.24, 2.45) is 0 Å². The summed E-state index contributed by atoms with van der Waals surface area (Å²) in [4.78, 5) is 23.4. The Kier molecular flexibility index (Phi) is 6.11. The maximum atomic E-state index is 13.0. The fourth-order valence-electron chi connectivity index (χ4n) is 1.95. The van der Waals surface area contributed by atoms with E-state index in [1.165, 1.54) is 18.2 Å². The number of hydrogen-bond donors (Lipinski definition) is 2. The monoisotopic (exact) mass is 334 g/mol. The summed E-state index contributed by atoms with van der Waals surface area (Å²) in [7, 11) is 0. The van der Waals surface area contributed by atoms with Gasteiger partial charge in [-0.3, -0.25) is 9.59 Å². The number of nitrogens with one attached hydrogen (secondary N) is 2. The van der Waals surface area contributed by atoms with E-state index in [4.69, 9.17) is 11.6 Å². The van der Waals surface area contributed by atoms with Crippen LogP contribution in [0.2, 0.25) is 5.02 Å². The standard InChI is InChI=1S/C17H16ClFN2O2/c18-14-6-4-12(5-7-14)8-9-20-16(22)11-21-17(23)13-2-1-3-15(19)10-13/h1-7,10H,8-9,11H2,(H,20,22)(H,21,23). The van der Waals surface area contributed by atoms with E-state index < -0.39 is 11.7 Å². The second kappa shape index (κ2) is 8.29. The van der Waals surface area contributed by atoms with Gasteiger partial charge in [-0.15, -0.1) is 0 Å². The summed E-state index contributed by atoms with van der Waals surface area (Å²) in [5.41, 5.74) is 1.23. The molecule has 4 nitrogen and oxygen atoms in total. The maximum absolute atomic E-state index is 13.0. The minimum atomic E-state index is -0.495. The molecule has 6 heteroatoms. The molecule has 2 amide bonds. The summed E-state index contributed by atoms with van der Waals surface area (Å²) in [5.74, 6) is -1.29. The smallest absolute Gasteiger partial charge is 0.251 e. The number of hydrogen-bond acceptors (Lipinski definition) is 2. The van der Waals surface area contributed by atoms with Crippen molar-refractivity contribution in [2.75, 3.05) is 13.1 Å². The maximum Gasteiger partial charge on any atom is 0.251 e. The fourth-order valence-corrected chi connectivity index (χ4v) is 2.08. The molecule has 0 unspecified atom stereocenters. The number of benzene rings is 2. The van der Waals surface area contributed by atoms with Gasteiger partial charge in [-0.1, -0.05) is 29.8 Å². The van der Waals surface area contributed by atoms with Crippen molar-refractivity contribution < 1.29 is 14.0 Å². The lowest BCUT2D eigenvalue weighted by atomic mass is 10.1. The van der Waals surface area contributed by atoms with Crippen molar-refractivity contribution in [3.05, 3.63) is 70.5 Å². The highest BCUT2D eigenvalue weighted by molar-refractivity contribution is 6.30. The van der Waals surface area contributed by atoms with Crippen LogP contribution in [0, 0.1) is 5.82 Å². The van der Waals surface area contributed by atoms with Crippen LogP contribution in [0.3, 0.4) is 0 Å². The van der Waals surface area contributed by atoms with Crippen LogP contribution >= 0.6 is 11.6 Å². The quantitative estimate of drug-likeness (QED) is 0.853. The molecule has 0 fully saturated rings. The molecule has 0 aliphatic rings. The molecule has 2 rings (SSSR count). The van der Waals surface area contributed by atoms with Crippen LogP contribution in [-0.4, -0.2) is 24.9 Å². The van der Waals surface area contributed by atoms with Gasteiger partial charge in [-0.25, -0.2) is 4.39 Å². The van der Waals surface area contributed by atoms with Gasteiger partial charge >= 0.3 is 0 Å². The van der Waals surface area contributed by atoms with Gasteiger partial charge in [0.25, 0.3) is 5.91 Å². The predicted octanol–water partition coefficient (Wildman–Crippen LogP) is 2.57. The molecule has 120 valence electrons. The van der Waals surface area contributed by atoms with Gasteiger partial charge < -0.3 is 10.6 Å². The lowest BCUT2D eigenvalue weighted by Crippen LogP contribution is -2.37. The first-order valence-corrected chi connectivity index (χ1v) is 7.47. The zero-order valence-corrected chi connectivity index (χ0v) is 13.1. The van der Waals surface area contributed by atoms with Crippen LogP contribution in [0.25, 0.3) is 0 Å². The van der Waals surface area contributed by atoms with Crippen molar-refractivity contribution in [3.63, 3.8) is 0 Å². The molecule has 0 aliphatic carbocycles. The molecule has 0 radical (unpaired) electrons. The summed E-state index contributed by atoms with van der Waals surface area (Å²) < 4.78 is 13.0. The van der Waals surface area contributed by atoms with Gasteiger partial charge in [0.15, 0.2) is 0 Å². The highest BCUT2D eigenvalue weighted by atomic mass is 35.5. The number of amides is 2. The average Bonchev–Trinajstić information content (AvgIpc) is 2.54. The summed E-state index contributed by atoms with van der Waals surface area (Å²) in [6.45, 7) is 0.298. The second-order valence-corrected chi connectivity index (χ2v) is 5.36. The molecule has 0 spiro atoms. The van der Waals surface area contributed by atoms with E-state index in [9.17, 15) is 14.0 Å². The molecule has 0 atom stereocenters. The largest absolute Gasteiger partial charge is 0.354 e. The van der Waals surface area contributed by atoms with E-state index in [2.05, 4.69) is 10.6 Å². The van der Waals surface area contributed by atoms with Gasteiger partial charge in [0.2, 0.25) is 5.91 Å². The zero-order chi connectivity index (χ0) is 16.7. The van der Waals surface area contributed by atoms with Gasteiger partial charge in [0.05, 0.1) is 6.54 Å². The average molecular weight is 335 g/mol. The first kappa shape index (κ1) is 17.0. The van der Waals surface area contributed by atoms with Crippen LogP contribution in [0.4, 0.5) is 4.39 Å². The Labute approximate surface area is 138 Å². The van der Waals surface area contributed by atoms with E-state index in [0.717, 1.165) is 11.6 Å². The Morgan fingerprint density at radius 3 is 2.48 bits per heavy atom. The number of carbonyl (C=O) groups excluding carboxylic acids is 2. The van der Waals surface area contributed by atoms with Crippen molar-refractivity contribution in [1.82, 2.24) is 10.6 Å². The summed E-state index contributed by atoms with van der Waals surface area (Å²) in [6, 6.07) is 12.7. The highest BCUT2D eigenvalue weighted by Crippen LogP contribution is 2.09. The number of halogens is 2. The molecular formula is C17H16ClFN2O2. The van der Waals surface area contributed by atoms with Crippen molar-refractivity contribution in [2.45, 2.75) is 6.42 Å². The first-order chi connectivity index (χ1) is 11.0. The number of carbonyl (C=O) groups is 2. The molecule has 2 N–H and O–H groups in total. The third kappa shape index (κ3) is 5.71. The molecule has 23 heavy (non-hydrogen) atoms. The van der Waals surface area contributed by atoms with Crippen LogP contribution < -0.4 is 10.6 Å². The Morgan fingerprint density at radius 2 is 1.78 bits per heavy atom. The molecule has 2 aromatic carbocycles. The molecule has 0 heterocycles. The first-order valence-electron chi connectivity index (χ1n) is 7.09. The van der Waals surface area contributed by atoms with Crippen LogP contribution in [0.5, 0.6) is 0 Å². The van der Waals surface area contributed by atoms with Crippen LogP contribution in [-0.2, 0) is 11.2 Å². The molecule has 0 aromatic heterocycles. The van der Waals surface area contributed by atoms with Crippen LogP contribution in [0.15, 0.2) is 48.5 Å². The highest BCUT2D eigenvalue weighted by Gasteiger charge is 2.08. The SMILES string of the molecule is O=C(CNC(=O)c1cccc(F)c1)NCCc1ccc(Cl)cc1. The molecule has 0 bridgehead atoms. The van der Waals surface area contributed by atoms with Crippen molar-refractivity contribution >= 4 is 23.4 Å². The van der Waals surface area contributed by atoms with E-state index in [1.807, 2.05) is 12.1 Å². The van der Waals surface area contributed by atoms with E-state index in [0.29, 0.717) is 18.0 Å². The van der Waals surface area contributed by atoms with Gasteiger partial charge in [-0.2, -0.15) is 0 Å². The Hall–Kier alpha value is -2.40. The number of rotatable bonds is 6. The Bertz CT molecular complexity index is 689. The lowest BCUT2D eigenvalue weighted by Gasteiger charge is -2.07. The van der Waals surface area contributed by atoms with E-state index >= 15 is 0 Å². The Morgan fingerprint density at radius 1 is 1.04 bits per heavy atom. The van der Waals surface area contributed by atoms with Gasteiger partial charge in [-0.05, 0) is 42.3 Å². The van der Waals surface area contributed by atoms with Crippen LogP contribution in [0.1, 0.15) is 15.9 Å². The minimum Gasteiger partial charge on any atom is -0.354 e. The molecule has 2 aromatic rings. The topological polar surface area (TPSA) is 58.2 Å². The minimum absolute atomic E-state index is 0.157. The molecule has 0 saturated carbocycles. The second-order valence-electron chi connectivity index (χ2n) is 4.92. The van der Waals surface area contributed by atoms with E-state index in [1.54, 1.807) is 12.1 Å². The van der Waals surface area contributed by atoms with Crippen molar-refractivity contribution in [3.8, 4) is 0 Å². The van der Waals surface area contributed by atoms with E-state index in [-0.39, 0.29) is 18.0 Å². The summed E-state index contributed by atoms with van der Waals surface area (Å²) in [6.07, 6.45) is 0.667. The third-order valence-corrected chi connectivity index (χ3v) is 3.40. The normalized spacial score (nSPS) is 10.2. The Balaban J connectivity index is 1.70. The molecular weight excluding hydrogens is 319 g/mol. The summed E-state index contributed by atoms with van der Waals surface area (Å²) in [5, 5.41) is 5.81. The fraction of sp³-hybridized carbons (Fsp3) is 0.176. The predicted molar refractivity (Wildman–Crippen MR) is 86.9 cm³/mol. The van der Waals surface area contributed by atoms with Crippen molar-refractivity contribution in [1.29, 1.82) is 0 Å². The summed E-state index contributed by atoms with van der Waals surface area (Å²) >= 11 is 5.79. The molecule has 0 saturated heterocycles. The van der Waals surface area contributed by atoms with Gasteiger partial charge in [0.1, 0.15) is 5.82 Å². The molecule has 0 aliphatic heterocycles.